The molecule has 0 aliphatic rings. The number of alkyl halides is 3. The summed E-state index contributed by atoms with van der Waals surface area (Å²) in [7, 11) is 1.65. The number of hydrogen-bond acceptors (Lipinski definition) is 1. The van der Waals surface area contributed by atoms with Crippen molar-refractivity contribution in [3.05, 3.63) is 78.4 Å². The van der Waals surface area contributed by atoms with Crippen LogP contribution in [-0.4, -0.2) is 7.05 Å². The minimum Gasteiger partial charge on any atom is -0.387 e. The molecule has 0 spiro atoms. The molecule has 0 saturated carbocycles. The number of nitrogens with one attached hydrogen (secondary N) is 1. The standard InChI is InChI=1S/C20H16F3N/c1-24-19-16(14-8-4-2-5-9-14)12-13-17(20(21,22)23)18(19)15-10-6-3-7-11-15/h2-13,24H,1H3. The van der Waals surface area contributed by atoms with E-state index in [1.165, 1.54) is 6.07 Å². The topological polar surface area (TPSA) is 12.0 Å². The van der Waals surface area contributed by atoms with E-state index in [0.717, 1.165) is 17.2 Å². The van der Waals surface area contributed by atoms with Gasteiger partial charge >= 0.3 is 6.18 Å². The van der Waals surface area contributed by atoms with Gasteiger partial charge in [0.1, 0.15) is 0 Å². The van der Waals surface area contributed by atoms with Crippen LogP contribution in [0.2, 0.25) is 0 Å². The van der Waals surface area contributed by atoms with E-state index in [2.05, 4.69) is 5.32 Å². The molecule has 24 heavy (non-hydrogen) atoms. The fourth-order valence-corrected chi connectivity index (χ4v) is 2.86. The Hall–Kier alpha value is -2.75. The number of halogens is 3. The molecule has 3 aromatic rings. The SMILES string of the molecule is CNc1c(-c2ccccc2)ccc(C(F)(F)F)c1-c1ccccc1. The Kier molecular flexibility index (Phi) is 4.30. The van der Waals surface area contributed by atoms with Crippen LogP contribution in [0.1, 0.15) is 5.56 Å². The maximum atomic E-state index is 13.6. The average molecular weight is 327 g/mol. The largest absolute Gasteiger partial charge is 0.417 e. The van der Waals surface area contributed by atoms with Gasteiger partial charge in [0.15, 0.2) is 0 Å². The first kappa shape index (κ1) is 16.1. The van der Waals surface area contributed by atoms with Crippen LogP contribution in [0.4, 0.5) is 18.9 Å². The third-order valence-corrected chi connectivity index (χ3v) is 3.91. The summed E-state index contributed by atoms with van der Waals surface area (Å²) in [5.41, 5.74) is 2.15. The van der Waals surface area contributed by atoms with E-state index in [0.29, 0.717) is 11.3 Å². The molecule has 3 rings (SSSR count). The Morgan fingerprint density at radius 2 is 1.25 bits per heavy atom. The van der Waals surface area contributed by atoms with E-state index in [4.69, 9.17) is 0 Å². The van der Waals surface area contributed by atoms with Crippen molar-refractivity contribution in [1.82, 2.24) is 0 Å². The maximum Gasteiger partial charge on any atom is 0.417 e. The zero-order valence-corrected chi connectivity index (χ0v) is 13.1. The third kappa shape index (κ3) is 3.00. The van der Waals surface area contributed by atoms with Crippen molar-refractivity contribution in [3.8, 4) is 22.3 Å². The van der Waals surface area contributed by atoms with Crippen molar-refractivity contribution in [2.24, 2.45) is 0 Å². The predicted octanol–water partition coefficient (Wildman–Crippen LogP) is 6.08. The molecular weight excluding hydrogens is 311 g/mol. The first-order valence-electron chi connectivity index (χ1n) is 7.55. The van der Waals surface area contributed by atoms with Gasteiger partial charge in [0.2, 0.25) is 0 Å². The quantitative estimate of drug-likeness (QED) is 0.614. The molecule has 0 unspecified atom stereocenters. The van der Waals surface area contributed by atoms with E-state index in [1.54, 1.807) is 37.4 Å². The predicted molar refractivity (Wildman–Crippen MR) is 91.9 cm³/mol. The van der Waals surface area contributed by atoms with Crippen LogP contribution in [0.5, 0.6) is 0 Å². The van der Waals surface area contributed by atoms with Crippen LogP contribution in [0.25, 0.3) is 22.3 Å². The van der Waals surface area contributed by atoms with Crippen LogP contribution >= 0.6 is 0 Å². The van der Waals surface area contributed by atoms with Crippen molar-refractivity contribution in [3.63, 3.8) is 0 Å². The van der Waals surface area contributed by atoms with Crippen LogP contribution < -0.4 is 5.32 Å². The van der Waals surface area contributed by atoms with Crippen LogP contribution in [0, 0.1) is 0 Å². The molecule has 1 N–H and O–H groups in total. The molecule has 0 saturated heterocycles. The normalized spacial score (nSPS) is 11.3. The van der Waals surface area contributed by atoms with Crippen molar-refractivity contribution >= 4 is 5.69 Å². The Balaban J connectivity index is 2.34. The van der Waals surface area contributed by atoms with E-state index >= 15 is 0 Å². The molecule has 3 aromatic carbocycles. The highest BCUT2D eigenvalue weighted by atomic mass is 19.4. The van der Waals surface area contributed by atoms with Crippen LogP contribution in [-0.2, 0) is 6.18 Å². The molecule has 0 bridgehead atoms. The average Bonchev–Trinajstić information content (AvgIpc) is 2.61. The smallest absolute Gasteiger partial charge is 0.387 e. The van der Waals surface area contributed by atoms with Crippen molar-refractivity contribution < 1.29 is 13.2 Å². The van der Waals surface area contributed by atoms with Crippen molar-refractivity contribution in [1.29, 1.82) is 0 Å². The lowest BCUT2D eigenvalue weighted by Gasteiger charge is -2.20. The molecule has 0 aromatic heterocycles. The summed E-state index contributed by atoms with van der Waals surface area (Å²) in [4.78, 5) is 0. The fraction of sp³-hybridized carbons (Fsp3) is 0.100. The van der Waals surface area contributed by atoms with Gasteiger partial charge in [-0.2, -0.15) is 13.2 Å². The van der Waals surface area contributed by atoms with E-state index < -0.39 is 11.7 Å². The summed E-state index contributed by atoms with van der Waals surface area (Å²) >= 11 is 0. The molecular formula is C20H16F3N. The van der Waals surface area contributed by atoms with Gasteiger partial charge in [-0.25, -0.2) is 0 Å². The second-order valence-electron chi connectivity index (χ2n) is 5.39. The first-order valence-corrected chi connectivity index (χ1v) is 7.55. The maximum absolute atomic E-state index is 13.6. The third-order valence-electron chi connectivity index (χ3n) is 3.91. The lowest BCUT2D eigenvalue weighted by molar-refractivity contribution is -0.137. The monoisotopic (exact) mass is 327 g/mol. The van der Waals surface area contributed by atoms with Gasteiger partial charge in [-0.15, -0.1) is 0 Å². The lowest BCUT2D eigenvalue weighted by atomic mass is 9.91. The molecule has 1 nitrogen and oxygen atoms in total. The number of benzene rings is 3. The Morgan fingerprint density at radius 1 is 0.708 bits per heavy atom. The minimum absolute atomic E-state index is 0.173. The Morgan fingerprint density at radius 3 is 1.75 bits per heavy atom. The van der Waals surface area contributed by atoms with Gasteiger partial charge in [0.05, 0.1) is 11.3 Å². The molecule has 0 atom stereocenters. The lowest BCUT2D eigenvalue weighted by Crippen LogP contribution is -2.10. The molecule has 0 heterocycles. The highest BCUT2D eigenvalue weighted by Crippen LogP contribution is 2.45. The fourth-order valence-electron chi connectivity index (χ4n) is 2.86. The molecule has 4 heteroatoms. The number of anilines is 1. The Labute approximate surface area is 138 Å². The summed E-state index contributed by atoms with van der Waals surface area (Å²) in [5.74, 6) is 0. The molecule has 0 aliphatic heterocycles. The molecule has 0 radical (unpaired) electrons. The van der Waals surface area contributed by atoms with Gasteiger partial charge in [-0.1, -0.05) is 66.7 Å². The highest BCUT2D eigenvalue weighted by Gasteiger charge is 2.35. The van der Waals surface area contributed by atoms with Crippen LogP contribution in [0.3, 0.4) is 0 Å². The van der Waals surface area contributed by atoms with Crippen LogP contribution in [0.15, 0.2) is 72.8 Å². The summed E-state index contributed by atoms with van der Waals surface area (Å²) < 4.78 is 40.7. The summed E-state index contributed by atoms with van der Waals surface area (Å²) in [6, 6.07) is 20.7. The number of hydrogen-bond donors (Lipinski definition) is 1. The Bertz CT molecular complexity index is 825. The highest BCUT2D eigenvalue weighted by molar-refractivity contribution is 5.92. The molecule has 0 amide bonds. The zero-order chi connectivity index (χ0) is 17.2. The van der Waals surface area contributed by atoms with Gasteiger partial charge in [0, 0.05) is 18.2 Å². The first-order chi connectivity index (χ1) is 11.5. The van der Waals surface area contributed by atoms with E-state index in [-0.39, 0.29) is 5.56 Å². The minimum atomic E-state index is -4.42. The zero-order valence-electron chi connectivity index (χ0n) is 13.1. The van der Waals surface area contributed by atoms with Gasteiger partial charge < -0.3 is 5.32 Å². The molecule has 122 valence electrons. The van der Waals surface area contributed by atoms with E-state index in [9.17, 15) is 13.2 Å². The summed E-state index contributed by atoms with van der Waals surface area (Å²) in [5, 5.41) is 2.97. The van der Waals surface area contributed by atoms with Crippen molar-refractivity contribution in [2.45, 2.75) is 6.18 Å². The second kappa shape index (κ2) is 6.40. The van der Waals surface area contributed by atoms with E-state index in [1.807, 2.05) is 30.3 Å². The second-order valence-corrected chi connectivity index (χ2v) is 5.39. The summed E-state index contributed by atoms with van der Waals surface area (Å²) in [6.45, 7) is 0. The molecule has 0 fully saturated rings. The van der Waals surface area contributed by atoms with Crippen molar-refractivity contribution in [2.75, 3.05) is 12.4 Å². The van der Waals surface area contributed by atoms with Gasteiger partial charge in [0.25, 0.3) is 0 Å². The van der Waals surface area contributed by atoms with Gasteiger partial charge in [-0.3, -0.25) is 0 Å². The summed E-state index contributed by atoms with van der Waals surface area (Å²) in [6.07, 6.45) is -4.42. The number of rotatable bonds is 3. The molecule has 0 aliphatic carbocycles. The van der Waals surface area contributed by atoms with Gasteiger partial charge in [-0.05, 0) is 17.2 Å².